The number of nitrogens with zero attached hydrogens (tertiary/aromatic N) is 1. The Hall–Kier alpha value is -0.216. The van der Waals surface area contributed by atoms with E-state index in [2.05, 4.69) is 15.3 Å². The first-order chi connectivity index (χ1) is 4.43. The smallest absolute Gasteiger partial charge is 0.0922 e. The largest absolute Gasteiger partial charge is 0.525 e. The fourth-order valence-electron chi connectivity index (χ4n) is 0.513. The summed E-state index contributed by atoms with van der Waals surface area (Å²) in [6.07, 6.45) is 4.76. The van der Waals surface area contributed by atoms with Crippen LogP contribution < -0.4 is 5.32 Å². The minimum atomic E-state index is 0. The molecule has 2 N–H and O–H groups in total. The number of aromatic amines is 1. The number of nitrogens with one attached hydrogen (secondary N) is 2. The van der Waals surface area contributed by atoms with Gasteiger partial charge in [0, 0.05) is 45.5 Å². The second kappa shape index (κ2) is 5.56. The van der Waals surface area contributed by atoms with Gasteiger partial charge in [0.1, 0.15) is 0 Å². The molecule has 0 bridgehead atoms. The van der Waals surface area contributed by atoms with Crippen LogP contribution in [0.2, 0.25) is 0 Å². The number of carbonyl (C=O) groups excluding carboxylic acids is 1. The summed E-state index contributed by atoms with van der Waals surface area (Å²) in [5, 5.41) is 2.37. The van der Waals surface area contributed by atoms with E-state index in [1.165, 1.54) is 0 Å². The first kappa shape index (κ1) is 9.78. The third-order valence-electron chi connectivity index (χ3n) is 0.906. The zero-order chi connectivity index (χ0) is 6.53. The van der Waals surface area contributed by atoms with Crippen molar-refractivity contribution in [3.63, 3.8) is 0 Å². The Morgan fingerprint density at radius 1 is 1.80 bits per heavy atom. The predicted octanol–water partition coefficient (Wildman–Crippen LogP) is -0.436. The molecule has 0 unspecified atom stereocenters. The number of hydrogen-bond donors (Lipinski definition) is 2. The molecule has 0 atom stereocenters. The van der Waals surface area contributed by atoms with E-state index >= 15 is 0 Å². The third-order valence-corrected chi connectivity index (χ3v) is 0.906. The average Bonchev–Trinajstić information content (AvgIpc) is 2.34. The SMILES string of the molecule is O=[C-]NCc1cnc[nH]1.[Y]. The van der Waals surface area contributed by atoms with Crippen molar-refractivity contribution in [2.45, 2.75) is 6.54 Å². The van der Waals surface area contributed by atoms with E-state index in [9.17, 15) is 4.79 Å². The molecular weight excluding hydrogens is 207 g/mol. The second-order valence-corrected chi connectivity index (χ2v) is 1.53. The Kier molecular flexibility index (Phi) is 5.44. The molecule has 1 heterocycles. The van der Waals surface area contributed by atoms with E-state index in [0.29, 0.717) is 6.54 Å². The first-order valence-electron chi connectivity index (χ1n) is 2.50. The molecule has 1 aromatic rings. The van der Waals surface area contributed by atoms with Crippen LogP contribution in [0.4, 0.5) is 0 Å². The molecule has 0 aliphatic rings. The maximum Gasteiger partial charge on any atom is 0.0922 e. The standard InChI is InChI=1S/C5H6N3O.Y/c9-4-7-2-5-1-6-3-8-5;/h1,3H,2H2,(H,6,8)(H,7,9);/q-1;. The minimum Gasteiger partial charge on any atom is -0.525 e. The minimum absolute atomic E-state index is 0. The van der Waals surface area contributed by atoms with Crippen LogP contribution in [-0.2, 0) is 44.0 Å². The van der Waals surface area contributed by atoms with E-state index in [1.54, 1.807) is 18.9 Å². The van der Waals surface area contributed by atoms with Gasteiger partial charge in [0.25, 0.3) is 0 Å². The van der Waals surface area contributed by atoms with Crippen LogP contribution in [0.15, 0.2) is 12.5 Å². The molecule has 0 saturated heterocycles. The summed E-state index contributed by atoms with van der Waals surface area (Å²) >= 11 is 0. The number of rotatable bonds is 3. The molecule has 5 heteroatoms. The van der Waals surface area contributed by atoms with Gasteiger partial charge in [-0.25, -0.2) is 4.98 Å². The van der Waals surface area contributed by atoms with Crippen molar-refractivity contribution < 1.29 is 37.5 Å². The topological polar surface area (TPSA) is 57.8 Å². The van der Waals surface area contributed by atoms with E-state index in [4.69, 9.17) is 0 Å². The van der Waals surface area contributed by atoms with Gasteiger partial charge in [0.05, 0.1) is 12.0 Å². The molecule has 4 nitrogen and oxygen atoms in total. The van der Waals surface area contributed by atoms with Gasteiger partial charge in [0.15, 0.2) is 0 Å². The van der Waals surface area contributed by atoms with Gasteiger partial charge in [0.2, 0.25) is 0 Å². The van der Waals surface area contributed by atoms with Crippen molar-refractivity contribution in [2.75, 3.05) is 0 Å². The normalized spacial score (nSPS) is 8.00. The van der Waals surface area contributed by atoms with E-state index in [-0.39, 0.29) is 32.7 Å². The zero-order valence-corrected chi connectivity index (χ0v) is 8.13. The molecule has 51 valence electrons. The van der Waals surface area contributed by atoms with Crippen LogP contribution in [-0.4, -0.2) is 16.4 Å². The van der Waals surface area contributed by atoms with Crippen LogP contribution in [0.25, 0.3) is 0 Å². The molecule has 1 radical (unpaired) electrons. The molecule has 0 fully saturated rings. The molecule has 0 aliphatic heterocycles. The zero-order valence-electron chi connectivity index (χ0n) is 5.29. The Balaban J connectivity index is 0.000000810. The Morgan fingerprint density at radius 3 is 3.10 bits per heavy atom. The van der Waals surface area contributed by atoms with Gasteiger partial charge in [-0.2, -0.15) is 6.41 Å². The van der Waals surface area contributed by atoms with Crippen molar-refractivity contribution >= 4 is 6.41 Å². The molecule has 1 amide bonds. The quantitative estimate of drug-likeness (QED) is 0.528. The summed E-state index contributed by atoms with van der Waals surface area (Å²) in [6.45, 7) is 0.462. The number of imidazole rings is 1. The number of amides is 1. The summed E-state index contributed by atoms with van der Waals surface area (Å²) in [7, 11) is 0. The van der Waals surface area contributed by atoms with Crippen LogP contribution >= 0.6 is 0 Å². The van der Waals surface area contributed by atoms with Gasteiger partial charge in [-0.05, 0) is 0 Å². The molecule has 1 rings (SSSR count). The van der Waals surface area contributed by atoms with E-state index < -0.39 is 0 Å². The van der Waals surface area contributed by atoms with Crippen LogP contribution in [0.5, 0.6) is 0 Å². The number of aromatic nitrogens is 2. The van der Waals surface area contributed by atoms with Gasteiger partial charge in [-0.3, -0.25) is 0 Å². The van der Waals surface area contributed by atoms with E-state index in [0.717, 1.165) is 5.69 Å². The maximum absolute atomic E-state index is 9.63. The molecule has 0 spiro atoms. The van der Waals surface area contributed by atoms with Crippen molar-refractivity contribution in [1.29, 1.82) is 0 Å². The Labute approximate surface area is 83.7 Å². The van der Waals surface area contributed by atoms with Gasteiger partial charge in [-0.1, -0.05) is 0 Å². The number of H-pyrrole nitrogens is 1. The van der Waals surface area contributed by atoms with Crippen LogP contribution in [0, 0.1) is 0 Å². The maximum atomic E-state index is 9.63. The van der Waals surface area contributed by atoms with Crippen molar-refractivity contribution in [3.05, 3.63) is 18.2 Å². The monoisotopic (exact) mass is 213 g/mol. The van der Waals surface area contributed by atoms with Crippen molar-refractivity contribution in [2.24, 2.45) is 0 Å². The fraction of sp³-hybridized carbons (Fsp3) is 0.200. The summed E-state index contributed by atoms with van der Waals surface area (Å²) in [5.74, 6) is 0. The third kappa shape index (κ3) is 3.08. The summed E-state index contributed by atoms with van der Waals surface area (Å²) in [4.78, 5) is 16.2. The van der Waals surface area contributed by atoms with Gasteiger partial charge < -0.3 is 15.1 Å². The molecule has 0 aliphatic carbocycles. The molecule has 0 aromatic carbocycles. The summed E-state index contributed by atoms with van der Waals surface area (Å²) in [6, 6.07) is 0. The molecule has 0 saturated carbocycles. The van der Waals surface area contributed by atoms with Crippen LogP contribution in [0.3, 0.4) is 0 Å². The van der Waals surface area contributed by atoms with Crippen molar-refractivity contribution in [3.8, 4) is 0 Å². The van der Waals surface area contributed by atoms with Crippen molar-refractivity contribution in [1.82, 2.24) is 15.3 Å². The Morgan fingerprint density at radius 2 is 2.60 bits per heavy atom. The molecular formula is C5H6N3OY-. The number of hydrogen-bond acceptors (Lipinski definition) is 2. The average molecular weight is 213 g/mol. The molecule has 10 heavy (non-hydrogen) atoms. The molecule has 1 aromatic heterocycles. The fourth-order valence-corrected chi connectivity index (χ4v) is 0.513. The summed E-state index contributed by atoms with van der Waals surface area (Å²) < 4.78 is 0. The Bertz CT molecular complexity index is 175. The first-order valence-corrected chi connectivity index (χ1v) is 2.50. The van der Waals surface area contributed by atoms with E-state index in [1.807, 2.05) is 0 Å². The summed E-state index contributed by atoms with van der Waals surface area (Å²) in [5.41, 5.74) is 0.873. The second-order valence-electron chi connectivity index (χ2n) is 1.53. The predicted molar refractivity (Wildman–Crippen MR) is 31.1 cm³/mol. The van der Waals surface area contributed by atoms with Gasteiger partial charge >= 0.3 is 0 Å². The van der Waals surface area contributed by atoms with Gasteiger partial charge in [-0.15, -0.1) is 0 Å². The van der Waals surface area contributed by atoms with Crippen LogP contribution in [0.1, 0.15) is 5.69 Å².